The van der Waals surface area contributed by atoms with Crippen molar-refractivity contribution in [3.8, 4) is 0 Å². The van der Waals surface area contributed by atoms with Crippen LogP contribution in [0, 0.1) is 17.8 Å². The summed E-state index contributed by atoms with van der Waals surface area (Å²) in [6.45, 7) is 1.41. The van der Waals surface area contributed by atoms with Crippen LogP contribution in [0.3, 0.4) is 0 Å². The summed E-state index contributed by atoms with van der Waals surface area (Å²) in [5, 5.41) is 7.46. The number of nitrogens with zero attached hydrogens (tertiary/aromatic N) is 2. The van der Waals surface area contributed by atoms with Gasteiger partial charge in [-0.05, 0) is 54.7 Å². The van der Waals surface area contributed by atoms with E-state index in [1.54, 1.807) is 6.20 Å². The Labute approximate surface area is 175 Å². The molecule has 1 saturated heterocycles. The Morgan fingerprint density at radius 3 is 2.43 bits per heavy atom. The van der Waals surface area contributed by atoms with Gasteiger partial charge in [0.25, 0.3) is 0 Å². The van der Waals surface area contributed by atoms with Crippen molar-refractivity contribution in [2.75, 3.05) is 11.5 Å². The lowest BCUT2D eigenvalue weighted by atomic mass is 9.79. The number of aromatic nitrogens is 2. The number of nitrogens with one attached hydrogen (secondary N) is 1. The van der Waals surface area contributed by atoms with E-state index in [9.17, 15) is 4.79 Å². The first-order valence-electron chi connectivity index (χ1n) is 10.3. The van der Waals surface area contributed by atoms with Crippen molar-refractivity contribution in [2.45, 2.75) is 42.9 Å². The molecule has 1 spiro atoms. The lowest BCUT2D eigenvalue weighted by Crippen LogP contribution is -2.42. The van der Waals surface area contributed by atoms with E-state index >= 15 is 0 Å². The summed E-state index contributed by atoms with van der Waals surface area (Å²) in [5.74, 6) is 4.54. The molecule has 2 bridgehead atoms. The van der Waals surface area contributed by atoms with Crippen molar-refractivity contribution in [2.24, 2.45) is 17.8 Å². The van der Waals surface area contributed by atoms with Crippen molar-refractivity contribution in [3.05, 3.63) is 53.9 Å². The quantitative estimate of drug-likeness (QED) is 0.800. The summed E-state index contributed by atoms with van der Waals surface area (Å²) in [5.41, 5.74) is 2.38. The molecule has 1 amide bonds. The largest absolute Gasteiger partial charge is 0.352 e. The fraction of sp³-hybridized carbons (Fsp3) is 0.545. The molecule has 28 heavy (non-hydrogen) atoms. The molecule has 5 rings (SSSR count). The molecule has 2 unspecified atom stereocenters. The number of carbonyl (C=O) groups excluding carboxylic acids is 1. The van der Waals surface area contributed by atoms with Crippen LogP contribution in [0.25, 0.3) is 0 Å². The van der Waals surface area contributed by atoms with Gasteiger partial charge in [-0.15, -0.1) is 23.5 Å². The van der Waals surface area contributed by atoms with Gasteiger partial charge in [0.05, 0.1) is 10.6 Å². The van der Waals surface area contributed by atoms with Crippen molar-refractivity contribution >= 4 is 29.4 Å². The number of hydrogen-bond acceptors (Lipinski definition) is 4. The second kappa shape index (κ2) is 7.79. The molecular formula is C22H27N3OS2. The monoisotopic (exact) mass is 413 g/mol. The lowest BCUT2D eigenvalue weighted by Gasteiger charge is -2.42. The van der Waals surface area contributed by atoms with E-state index in [0.717, 1.165) is 36.8 Å². The van der Waals surface area contributed by atoms with Gasteiger partial charge in [-0.25, -0.2) is 0 Å². The first-order valence-corrected chi connectivity index (χ1v) is 12.3. The predicted molar refractivity (Wildman–Crippen MR) is 116 cm³/mol. The molecule has 3 aliphatic rings. The fourth-order valence-corrected chi connectivity index (χ4v) is 9.23. The van der Waals surface area contributed by atoms with E-state index in [0.29, 0.717) is 10.6 Å². The Bertz CT molecular complexity index is 799. The summed E-state index contributed by atoms with van der Waals surface area (Å²) in [6, 6.07) is 10.4. The summed E-state index contributed by atoms with van der Waals surface area (Å²) < 4.78 is 2.38. The average molecular weight is 414 g/mol. The van der Waals surface area contributed by atoms with Crippen molar-refractivity contribution in [3.63, 3.8) is 0 Å². The number of benzene rings is 1. The SMILES string of the molecule is O=C(NCc1ccc(Cn2cccn2)cc1)C1CC2CCC(C1)C21SCCS1. The summed E-state index contributed by atoms with van der Waals surface area (Å²) >= 11 is 4.39. The van der Waals surface area contributed by atoms with E-state index in [1.807, 2.05) is 16.9 Å². The van der Waals surface area contributed by atoms with Gasteiger partial charge < -0.3 is 5.32 Å². The molecule has 2 aliphatic carbocycles. The summed E-state index contributed by atoms with van der Waals surface area (Å²) in [6.07, 6.45) is 8.60. The first-order chi connectivity index (χ1) is 13.7. The second-order valence-corrected chi connectivity index (χ2v) is 11.3. The molecular weight excluding hydrogens is 386 g/mol. The van der Waals surface area contributed by atoms with Gasteiger partial charge in [-0.3, -0.25) is 9.48 Å². The van der Waals surface area contributed by atoms with Crippen LogP contribution in [0.5, 0.6) is 0 Å². The minimum absolute atomic E-state index is 0.212. The second-order valence-electron chi connectivity index (χ2n) is 8.30. The first kappa shape index (κ1) is 18.6. The van der Waals surface area contributed by atoms with Crippen LogP contribution in [0.4, 0.5) is 0 Å². The van der Waals surface area contributed by atoms with Crippen LogP contribution in [-0.2, 0) is 17.9 Å². The van der Waals surface area contributed by atoms with Crippen molar-refractivity contribution in [1.82, 2.24) is 15.1 Å². The zero-order valence-electron chi connectivity index (χ0n) is 16.0. The Balaban J connectivity index is 1.15. The highest BCUT2D eigenvalue weighted by atomic mass is 32.2. The van der Waals surface area contributed by atoms with Gasteiger partial charge >= 0.3 is 0 Å². The van der Waals surface area contributed by atoms with Crippen LogP contribution in [0.1, 0.15) is 36.8 Å². The maximum atomic E-state index is 12.8. The van der Waals surface area contributed by atoms with E-state index in [-0.39, 0.29) is 11.8 Å². The number of rotatable bonds is 5. The van der Waals surface area contributed by atoms with E-state index in [2.05, 4.69) is 58.2 Å². The molecule has 4 nitrogen and oxygen atoms in total. The van der Waals surface area contributed by atoms with Crippen molar-refractivity contribution in [1.29, 1.82) is 0 Å². The summed E-state index contributed by atoms with van der Waals surface area (Å²) in [7, 11) is 0. The zero-order chi connectivity index (χ0) is 19.0. The zero-order valence-corrected chi connectivity index (χ0v) is 17.7. The smallest absolute Gasteiger partial charge is 0.223 e. The third kappa shape index (κ3) is 3.50. The van der Waals surface area contributed by atoms with Gasteiger partial charge in [-0.2, -0.15) is 5.10 Å². The highest BCUT2D eigenvalue weighted by molar-refractivity contribution is 8.21. The van der Waals surface area contributed by atoms with Crippen LogP contribution < -0.4 is 5.32 Å². The van der Waals surface area contributed by atoms with Crippen LogP contribution in [0.15, 0.2) is 42.7 Å². The number of carbonyl (C=O) groups is 1. The summed E-state index contributed by atoms with van der Waals surface area (Å²) in [4.78, 5) is 12.8. The van der Waals surface area contributed by atoms with E-state index in [4.69, 9.17) is 0 Å². The molecule has 3 fully saturated rings. The van der Waals surface area contributed by atoms with Crippen molar-refractivity contribution < 1.29 is 4.79 Å². The van der Waals surface area contributed by atoms with Gasteiger partial charge in [0.2, 0.25) is 5.91 Å². The third-order valence-corrected chi connectivity index (χ3v) is 10.7. The molecule has 2 heterocycles. The topological polar surface area (TPSA) is 46.9 Å². The molecule has 1 aromatic heterocycles. The van der Waals surface area contributed by atoms with Crippen LogP contribution >= 0.6 is 23.5 Å². The third-order valence-electron chi connectivity index (χ3n) is 6.64. The van der Waals surface area contributed by atoms with E-state index in [1.165, 1.54) is 29.9 Å². The van der Waals surface area contributed by atoms with Crippen LogP contribution in [-0.4, -0.2) is 31.3 Å². The number of amides is 1. The number of hydrogen-bond donors (Lipinski definition) is 1. The van der Waals surface area contributed by atoms with E-state index < -0.39 is 0 Å². The average Bonchev–Trinajstić information content (AvgIpc) is 3.43. The fourth-order valence-electron chi connectivity index (χ4n) is 5.29. The maximum Gasteiger partial charge on any atom is 0.223 e. The molecule has 1 aromatic carbocycles. The maximum absolute atomic E-state index is 12.8. The molecule has 148 valence electrons. The number of thioether (sulfide) groups is 2. The lowest BCUT2D eigenvalue weighted by molar-refractivity contribution is -0.126. The minimum atomic E-state index is 0.212. The highest BCUT2D eigenvalue weighted by Crippen LogP contribution is 2.65. The molecule has 0 radical (unpaired) electrons. The van der Waals surface area contributed by atoms with Gasteiger partial charge in [0.15, 0.2) is 0 Å². The molecule has 6 heteroatoms. The molecule has 2 aromatic rings. The highest BCUT2D eigenvalue weighted by Gasteiger charge is 2.57. The Kier molecular flexibility index (Phi) is 5.18. The standard InChI is InChI=1S/C22H27N3OS2/c26-21(18-12-19-6-7-20(13-18)22(19)27-10-11-28-22)23-14-16-2-4-17(5-3-16)15-25-9-1-8-24-25/h1-5,8-9,18-20H,6-7,10-15H2,(H,23,26). The Hall–Kier alpha value is -1.40. The molecule has 1 N–H and O–H groups in total. The van der Waals surface area contributed by atoms with Gasteiger partial charge in [0, 0.05) is 36.4 Å². The molecule has 2 saturated carbocycles. The Morgan fingerprint density at radius 2 is 1.79 bits per heavy atom. The van der Waals surface area contributed by atoms with Gasteiger partial charge in [-0.1, -0.05) is 24.3 Å². The predicted octanol–water partition coefficient (Wildman–Crippen LogP) is 4.16. The minimum Gasteiger partial charge on any atom is -0.352 e. The molecule has 2 atom stereocenters. The van der Waals surface area contributed by atoms with Crippen LogP contribution in [0.2, 0.25) is 0 Å². The van der Waals surface area contributed by atoms with Gasteiger partial charge in [0.1, 0.15) is 0 Å². The Morgan fingerprint density at radius 1 is 1.11 bits per heavy atom. The normalized spacial score (nSPS) is 27.9. The molecule has 1 aliphatic heterocycles.